The van der Waals surface area contributed by atoms with Gasteiger partial charge in [0.1, 0.15) is 0 Å². The summed E-state index contributed by atoms with van der Waals surface area (Å²) >= 11 is 0. The summed E-state index contributed by atoms with van der Waals surface area (Å²) in [5.41, 5.74) is 0.105. The molecule has 0 bridgehead atoms. The molecule has 3 rings (SSSR count). The van der Waals surface area contributed by atoms with E-state index in [1.54, 1.807) is 0 Å². The topological polar surface area (TPSA) is 113 Å². The van der Waals surface area contributed by atoms with Gasteiger partial charge in [0.25, 0.3) is 5.91 Å². The van der Waals surface area contributed by atoms with Gasteiger partial charge in [-0.05, 0) is 36.6 Å². The Labute approximate surface area is 157 Å². The Kier molecular flexibility index (Phi) is 5.29. The normalized spacial score (nSPS) is 15.1. The molecule has 0 aromatic heterocycles. The molecule has 1 amide bonds. The Morgan fingerprint density at radius 1 is 1.04 bits per heavy atom. The lowest BCUT2D eigenvalue weighted by atomic mass is 10.1. The van der Waals surface area contributed by atoms with E-state index in [9.17, 15) is 18.0 Å². The van der Waals surface area contributed by atoms with Crippen molar-refractivity contribution in [3.63, 3.8) is 0 Å². The van der Waals surface area contributed by atoms with Crippen LogP contribution < -0.4 is 10.0 Å². The summed E-state index contributed by atoms with van der Waals surface area (Å²) in [5.74, 6) is -1.42. The van der Waals surface area contributed by atoms with E-state index < -0.39 is 27.3 Å². The van der Waals surface area contributed by atoms with Crippen LogP contribution in [0.25, 0.3) is 0 Å². The molecule has 0 spiro atoms. The van der Waals surface area contributed by atoms with Crippen molar-refractivity contribution in [2.75, 3.05) is 6.54 Å². The highest BCUT2D eigenvalue weighted by Gasteiger charge is 2.50. The lowest BCUT2D eigenvalue weighted by Gasteiger charge is -2.12. The number of rotatable bonds is 8. The number of amides is 1. The summed E-state index contributed by atoms with van der Waals surface area (Å²) in [4.78, 5) is 23.4. The first kappa shape index (κ1) is 19.1. The van der Waals surface area contributed by atoms with Gasteiger partial charge in [-0.1, -0.05) is 36.4 Å². The van der Waals surface area contributed by atoms with E-state index in [0.717, 1.165) is 5.56 Å². The number of sulfonamides is 1. The van der Waals surface area contributed by atoms with Gasteiger partial charge in [0.2, 0.25) is 10.0 Å². The number of hydrogen-bond acceptors (Lipinski definition) is 4. The maximum Gasteiger partial charge on any atom is 0.311 e. The molecule has 7 nitrogen and oxygen atoms in total. The zero-order valence-corrected chi connectivity index (χ0v) is 15.3. The fourth-order valence-electron chi connectivity index (χ4n) is 2.63. The van der Waals surface area contributed by atoms with Gasteiger partial charge in [0.15, 0.2) is 0 Å². The molecule has 27 heavy (non-hydrogen) atoms. The molecule has 0 saturated heterocycles. The second-order valence-electron chi connectivity index (χ2n) is 6.61. The van der Waals surface area contributed by atoms with Gasteiger partial charge >= 0.3 is 5.97 Å². The van der Waals surface area contributed by atoms with Crippen molar-refractivity contribution in [3.8, 4) is 0 Å². The summed E-state index contributed by atoms with van der Waals surface area (Å²) < 4.78 is 27.5. The van der Waals surface area contributed by atoms with Crippen molar-refractivity contribution >= 4 is 21.9 Å². The minimum absolute atomic E-state index is 0.0227. The molecule has 2 aromatic carbocycles. The molecule has 0 atom stereocenters. The van der Waals surface area contributed by atoms with E-state index in [1.165, 1.54) is 24.3 Å². The van der Waals surface area contributed by atoms with Crippen molar-refractivity contribution in [2.24, 2.45) is 5.41 Å². The molecule has 0 unspecified atom stereocenters. The third-order valence-electron chi connectivity index (χ3n) is 4.61. The van der Waals surface area contributed by atoms with E-state index >= 15 is 0 Å². The molecule has 1 saturated carbocycles. The summed E-state index contributed by atoms with van der Waals surface area (Å²) in [7, 11) is -3.78. The third kappa shape index (κ3) is 4.53. The van der Waals surface area contributed by atoms with E-state index in [-0.39, 0.29) is 23.5 Å². The second kappa shape index (κ2) is 7.50. The molecular formula is C19H20N2O5S. The van der Waals surface area contributed by atoms with Gasteiger partial charge in [-0.15, -0.1) is 0 Å². The highest BCUT2D eigenvalue weighted by molar-refractivity contribution is 7.89. The van der Waals surface area contributed by atoms with Crippen molar-refractivity contribution in [2.45, 2.75) is 24.3 Å². The summed E-state index contributed by atoms with van der Waals surface area (Å²) in [5, 5.41) is 11.7. The van der Waals surface area contributed by atoms with Crippen molar-refractivity contribution in [1.29, 1.82) is 0 Å². The molecule has 1 aliphatic carbocycles. The SMILES string of the molecule is O=C(NCC1(C(=O)O)CC1)c1cccc(S(=O)(=O)NCc2ccccc2)c1. The summed E-state index contributed by atoms with van der Waals surface area (Å²) in [6.07, 6.45) is 1.06. The molecule has 0 radical (unpaired) electrons. The number of carboxylic acid groups (broad SMARTS) is 1. The van der Waals surface area contributed by atoms with Gasteiger partial charge in [-0.3, -0.25) is 9.59 Å². The first-order valence-electron chi connectivity index (χ1n) is 8.48. The molecule has 142 valence electrons. The molecule has 1 fully saturated rings. The van der Waals surface area contributed by atoms with Gasteiger partial charge < -0.3 is 10.4 Å². The maximum absolute atomic E-state index is 12.5. The highest BCUT2D eigenvalue weighted by atomic mass is 32.2. The summed E-state index contributed by atoms with van der Waals surface area (Å²) in [6.45, 7) is 0.172. The highest BCUT2D eigenvalue weighted by Crippen LogP contribution is 2.45. The number of hydrogen-bond donors (Lipinski definition) is 3. The molecule has 0 heterocycles. The van der Waals surface area contributed by atoms with Crippen LogP contribution in [0.3, 0.4) is 0 Å². The lowest BCUT2D eigenvalue weighted by molar-refractivity contribution is -0.143. The van der Waals surface area contributed by atoms with Crippen LogP contribution in [0.15, 0.2) is 59.5 Å². The van der Waals surface area contributed by atoms with Crippen LogP contribution >= 0.6 is 0 Å². The van der Waals surface area contributed by atoms with Gasteiger partial charge in [-0.25, -0.2) is 13.1 Å². The zero-order chi connectivity index (χ0) is 19.5. The van der Waals surface area contributed by atoms with E-state index in [0.29, 0.717) is 12.8 Å². The summed E-state index contributed by atoms with van der Waals surface area (Å²) in [6, 6.07) is 14.8. The fourth-order valence-corrected chi connectivity index (χ4v) is 3.69. The predicted octanol–water partition coefficient (Wildman–Crippen LogP) is 1.76. The van der Waals surface area contributed by atoms with Crippen LogP contribution in [0, 0.1) is 5.41 Å². The van der Waals surface area contributed by atoms with E-state index in [4.69, 9.17) is 5.11 Å². The number of nitrogens with one attached hydrogen (secondary N) is 2. The standard InChI is InChI=1S/C19H20N2O5S/c22-17(20-13-19(9-10-19)18(23)24)15-7-4-8-16(11-15)27(25,26)21-12-14-5-2-1-3-6-14/h1-8,11,21H,9-10,12-13H2,(H,20,22)(H,23,24). The largest absolute Gasteiger partial charge is 0.481 e. The molecule has 1 aliphatic rings. The average Bonchev–Trinajstić information content (AvgIpc) is 3.47. The Hall–Kier alpha value is -2.71. The van der Waals surface area contributed by atoms with Crippen molar-refractivity contribution in [3.05, 3.63) is 65.7 Å². The van der Waals surface area contributed by atoms with Crippen LogP contribution in [0.1, 0.15) is 28.8 Å². The van der Waals surface area contributed by atoms with Gasteiger partial charge in [-0.2, -0.15) is 0 Å². The predicted molar refractivity (Wildman–Crippen MR) is 98.5 cm³/mol. The van der Waals surface area contributed by atoms with Crippen LogP contribution in [0.4, 0.5) is 0 Å². The first-order valence-corrected chi connectivity index (χ1v) is 9.96. The molecule has 8 heteroatoms. The quantitative estimate of drug-likeness (QED) is 0.638. The number of carboxylic acids is 1. The number of benzene rings is 2. The smallest absolute Gasteiger partial charge is 0.311 e. The number of aliphatic carboxylic acids is 1. The Morgan fingerprint density at radius 3 is 2.37 bits per heavy atom. The van der Waals surface area contributed by atoms with Crippen LogP contribution in [-0.2, 0) is 21.4 Å². The molecule has 2 aromatic rings. The number of carbonyl (C=O) groups is 2. The van der Waals surface area contributed by atoms with Gasteiger partial charge in [0, 0.05) is 18.7 Å². The molecular weight excluding hydrogens is 368 g/mol. The van der Waals surface area contributed by atoms with Gasteiger partial charge in [0.05, 0.1) is 10.3 Å². The third-order valence-corrected chi connectivity index (χ3v) is 6.01. The van der Waals surface area contributed by atoms with Crippen LogP contribution in [0.5, 0.6) is 0 Å². The fraction of sp³-hybridized carbons (Fsp3) is 0.263. The molecule has 0 aliphatic heterocycles. The van der Waals surface area contributed by atoms with E-state index in [2.05, 4.69) is 10.0 Å². The first-order chi connectivity index (χ1) is 12.8. The Morgan fingerprint density at radius 2 is 1.74 bits per heavy atom. The average molecular weight is 388 g/mol. The minimum atomic E-state index is -3.78. The second-order valence-corrected chi connectivity index (χ2v) is 8.37. The van der Waals surface area contributed by atoms with Crippen molar-refractivity contribution in [1.82, 2.24) is 10.0 Å². The Bertz CT molecular complexity index is 953. The van der Waals surface area contributed by atoms with Crippen molar-refractivity contribution < 1.29 is 23.1 Å². The lowest BCUT2D eigenvalue weighted by Crippen LogP contribution is -2.34. The molecule has 3 N–H and O–H groups in total. The van der Waals surface area contributed by atoms with E-state index in [1.807, 2.05) is 30.3 Å². The minimum Gasteiger partial charge on any atom is -0.481 e. The van der Waals surface area contributed by atoms with Crippen LogP contribution in [0.2, 0.25) is 0 Å². The monoisotopic (exact) mass is 388 g/mol. The maximum atomic E-state index is 12.5. The Balaban J connectivity index is 1.67. The zero-order valence-electron chi connectivity index (χ0n) is 14.5. The van der Waals surface area contributed by atoms with Crippen LogP contribution in [-0.4, -0.2) is 31.9 Å². The number of carbonyl (C=O) groups excluding carboxylic acids is 1.